The Balaban J connectivity index is 2.17. The van der Waals surface area contributed by atoms with Crippen LogP contribution in [0.5, 0.6) is 11.5 Å². The first kappa shape index (κ1) is 11.6. The van der Waals surface area contributed by atoms with Gasteiger partial charge in [-0.2, -0.15) is 0 Å². The normalized spacial score (nSPS) is 12.1. The van der Waals surface area contributed by atoms with Gasteiger partial charge in [-0.15, -0.1) is 0 Å². The Hall–Kier alpha value is -1.88. The summed E-state index contributed by atoms with van der Waals surface area (Å²) in [6.07, 6.45) is -0.394. The molecule has 2 aromatic carbocycles. The molecule has 0 saturated carbocycles. The minimum atomic E-state index is -0.394. The van der Waals surface area contributed by atoms with E-state index in [1.54, 1.807) is 0 Å². The van der Waals surface area contributed by atoms with Gasteiger partial charge in [0.15, 0.2) is 0 Å². The fourth-order valence-electron chi connectivity index (χ4n) is 1.49. The standard InChI is InChI=1S/C13H15N3O/c14-13(16-15)10-5-4-8-12(9-10)17-11-6-2-1-3-7-11/h1-9,13,16H,14-15H2. The number of hydrogen-bond donors (Lipinski definition) is 3. The average molecular weight is 229 g/mol. The van der Waals surface area contributed by atoms with Crippen LogP contribution < -0.4 is 21.7 Å². The maximum absolute atomic E-state index is 5.76. The summed E-state index contributed by atoms with van der Waals surface area (Å²) < 4.78 is 5.69. The van der Waals surface area contributed by atoms with Crippen LogP contribution in [0, 0.1) is 0 Å². The van der Waals surface area contributed by atoms with Crippen LogP contribution in [-0.2, 0) is 0 Å². The molecule has 1 atom stereocenters. The molecule has 5 N–H and O–H groups in total. The molecule has 0 amide bonds. The number of nitrogens with one attached hydrogen (secondary N) is 1. The molecule has 17 heavy (non-hydrogen) atoms. The molecule has 0 spiro atoms. The maximum Gasteiger partial charge on any atom is 0.127 e. The second-order valence-electron chi connectivity index (χ2n) is 3.63. The second kappa shape index (κ2) is 5.45. The Morgan fingerprint density at radius 2 is 1.65 bits per heavy atom. The Morgan fingerprint density at radius 3 is 2.35 bits per heavy atom. The van der Waals surface area contributed by atoms with Gasteiger partial charge in [-0.05, 0) is 29.8 Å². The van der Waals surface area contributed by atoms with E-state index in [1.807, 2.05) is 54.6 Å². The highest BCUT2D eigenvalue weighted by Gasteiger charge is 2.04. The summed E-state index contributed by atoms with van der Waals surface area (Å²) in [5, 5.41) is 0. The number of rotatable bonds is 4. The van der Waals surface area contributed by atoms with Crippen LogP contribution in [0.25, 0.3) is 0 Å². The first-order chi connectivity index (χ1) is 8.29. The van der Waals surface area contributed by atoms with E-state index in [4.69, 9.17) is 16.3 Å². The zero-order valence-electron chi connectivity index (χ0n) is 9.34. The number of benzene rings is 2. The molecule has 88 valence electrons. The van der Waals surface area contributed by atoms with Gasteiger partial charge < -0.3 is 10.5 Å². The molecule has 0 aliphatic carbocycles. The number of ether oxygens (including phenoxy) is 1. The van der Waals surface area contributed by atoms with Gasteiger partial charge >= 0.3 is 0 Å². The zero-order valence-corrected chi connectivity index (χ0v) is 9.34. The van der Waals surface area contributed by atoms with E-state index in [9.17, 15) is 0 Å². The van der Waals surface area contributed by atoms with E-state index in [-0.39, 0.29) is 0 Å². The lowest BCUT2D eigenvalue weighted by Crippen LogP contribution is -2.34. The van der Waals surface area contributed by atoms with E-state index in [0.29, 0.717) is 0 Å². The summed E-state index contributed by atoms with van der Waals surface area (Å²) in [6, 6.07) is 17.1. The molecule has 2 aromatic rings. The van der Waals surface area contributed by atoms with Crippen LogP contribution >= 0.6 is 0 Å². The topological polar surface area (TPSA) is 73.3 Å². The Labute approximate surface area is 100 Å². The van der Waals surface area contributed by atoms with Crippen LogP contribution in [0.3, 0.4) is 0 Å². The smallest absolute Gasteiger partial charge is 0.127 e. The summed E-state index contributed by atoms with van der Waals surface area (Å²) >= 11 is 0. The van der Waals surface area contributed by atoms with Crippen molar-refractivity contribution in [2.24, 2.45) is 11.6 Å². The molecule has 0 fully saturated rings. The molecule has 0 radical (unpaired) electrons. The summed E-state index contributed by atoms with van der Waals surface area (Å²) in [5.41, 5.74) is 9.14. The fraction of sp³-hybridized carbons (Fsp3) is 0.0769. The maximum atomic E-state index is 5.76. The van der Waals surface area contributed by atoms with Crippen LogP contribution in [0.1, 0.15) is 11.7 Å². The van der Waals surface area contributed by atoms with Gasteiger partial charge in [0.1, 0.15) is 11.5 Å². The van der Waals surface area contributed by atoms with Gasteiger partial charge in [-0.25, -0.2) is 5.43 Å². The molecular weight excluding hydrogens is 214 g/mol. The van der Waals surface area contributed by atoms with Crippen molar-refractivity contribution >= 4 is 0 Å². The third-order valence-corrected chi connectivity index (χ3v) is 2.38. The largest absolute Gasteiger partial charge is 0.457 e. The van der Waals surface area contributed by atoms with Crippen molar-refractivity contribution in [2.75, 3.05) is 0 Å². The van der Waals surface area contributed by atoms with Crippen molar-refractivity contribution in [3.63, 3.8) is 0 Å². The van der Waals surface area contributed by atoms with E-state index < -0.39 is 6.17 Å². The molecule has 0 aliphatic rings. The highest BCUT2D eigenvalue weighted by Crippen LogP contribution is 2.22. The predicted octanol–water partition coefficient (Wildman–Crippen LogP) is 1.90. The third kappa shape index (κ3) is 3.04. The van der Waals surface area contributed by atoms with Crippen molar-refractivity contribution in [2.45, 2.75) is 6.17 Å². The monoisotopic (exact) mass is 229 g/mol. The Kier molecular flexibility index (Phi) is 3.72. The van der Waals surface area contributed by atoms with Gasteiger partial charge in [-0.3, -0.25) is 5.84 Å². The van der Waals surface area contributed by atoms with Gasteiger partial charge in [0, 0.05) is 0 Å². The Morgan fingerprint density at radius 1 is 0.941 bits per heavy atom. The van der Waals surface area contributed by atoms with Crippen LogP contribution in [-0.4, -0.2) is 0 Å². The molecule has 2 rings (SSSR count). The minimum Gasteiger partial charge on any atom is -0.457 e. The lowest BCUT2D eigenvalue weighted by molar-refractivity contribution is 0.479. The SMILES string of the molecule is NNC(N)c1cccc(Oc2ccccc2)c1. The molecule has 0 aromatic heterocycles. The van der Waals surface area contributed by atoms with Gasteiger partial charge in [-0.1, -0.05) is 30.3 Å². The number of para-hydroxylation sites is 1. The second-order valence-corrected chi connectivity index (χ2v) is 3.63. The van der Waals surface area contributed by atoms with Gasteiger partial charge in [0.2, 0.25) is 0 Å². The number of hydrazine groups is 1. The van der Waals surface area contributed by atoms with Crippen LogP contribution in [0.4, 0.5) is 0 Å². The zero-order chi connectivity index (χ0) is 12.1. The quantitative estimate of drug-likeness (QED) is 0.425. The van der Waals surface area contributed by atoms with Crippen molar-refractivity contribution in [3.05, 3.63) is 60.2 Å². The van der Waals surface area contributed by atoms with E-state index in [2.05, 4.69) is 5.43 Å². The molecule has 0 heterocycles. The van der Waals surface area contributed by atoms with E-state index in [0.717, 1.165) is 17.1 Å². The van der Waals surface area contributed by atoms with Gasteiger partial charge in [0.25, 0.3) is 0 Å². The minimum absolute atomic E-state index is 0.394. The van der Waals surface area contributed by atoms with Crippen molar-refractivity contribution in [1.29, 1.82) is 0 Å². The molecule has 4 nitrogen and oxygen atoms in total. The predicted molar refractivity (Wildman–Crippen MR) is 67.2 cm³/mol. The molecule has 4 heteroatoms. The number of nitrogens with two attached hydrogens (primary N) is 2. The van der Waals surface area contributed by atoms with Gasteiger partial charge in [0.05, 0.1) is 6.17 Å². The fourth-order valence-corrected chi connectivity index (χ4v) is 1.49. The molecule has 0 aliphatic heterocycles. The molecule has 1 unspecified atom stereocenters. The first-order valence-electron chi connectivity index (χ1n) is 5.34. The summed E-state index contributed by atoms with van der Waals surface area (Å²) in [6.45, 7) is 0. The average Bonchev–Trinajstić information content (AvgIpc) is 2.39. The van der Waals surface area contributed by atoms with Crippen molar-refractivity contribution in [1.82, 2.24) is 5.43 Å². The van der Waals surface area contributed by atoms with Crippen molar-refractivity contribution < 1.29 is 4.74 Å². The highest BCUT2D eigenvalue weighted by molar-refractivity contribution is 5.34. The Bertz CT molecular complexity index is 473. The summed E-state index contributed by atoms with van der Waals surface area (Å²) in [7, 11) is 0. The summed E-state index contributed by atoms with van der Waals surface area (Å²) in [4.78, 5) is 0. The first-order valence-corrected chi connectivity index (χ1v) is 5.34. The lowest BCUT2D eigenvalue weighted by atomic mass is 10.2. The third-order valence-electron chi connectivity index (χ3n) is 2.38. The van der Waals surface area contributed by atoms with Crippen LogP contribution in [0.15, 0.2) is 54.6 Å². The lowest BCUT2D eigenvalue weighted by Gasteiger charge is -2.12. The van der Waals surface area contributed by atoms with E-state index >= 15 is 0 Å². The van der Waals surface area contributed by atoms with E-state index in [1.165, 1.54) is 0 Å². The van der Waals surface area contributed by atoms with Crippen molar-refractivity contribution in [3.8, 4) is 11.5 Å². The van der Waals surface area contributed by atoms with Crippen LogP contribution in [0.2, 0.25) is 0 Å². The summed E-state index contributed by atoms with van der Waals surface area (Å²) in [5.74, 6) is 6.82. The molecule has 0 bridgehead atoms. The highest BCUT2D eigenvalue weighted by atomic mass is 16.5. The molecule has 0 saturated heterocycles. The number of hydrogen-bond acceptors (Lipinski definition) is 4. The molecular formula is C13H15N3O.